The third kappa shape index (κ3) is 3.63. The molecular formula is C22H28N4O3S. The van der Waals surface area contributed by atoms with Crippen molar-refractivity contribution in [1.82, 2.24) is 15.1 Å². The Balaban J connectivity index is 1.77. The van der Waals surface area contributed by atoms with Gasteiger partial charge in [0.1, 0.15) is 5.01 Å². The van der Waals surface area contributed by atoms with Crippen molar-refractivity contribution in [2.45, 2.75) is 56.9 Å². The maximum Gasteiger partial charge on any atom is 0.254 e. The van der Waals surface area contributed by atoms with E-state index in [0.717, 1.165) is 49.1 Å². The van der Waals surface area contributed by atoms with Crippen LogP contribution >= 0.6 is 11.3 Å². The summed E-state index contributed by atoms with van der Waals surface area (Å²) in [6.45, 7) is 2.94. The van der Waals surface area contributed by atoms with E-state index in [1.807, 2.05) is 36.1 Å². The zero-order valence-corrected chi connectivity index (χ0v) is 18.3. The largest absolute Gasteiger partial charge is 0.383 e. The van der Waals surface area contributed by atoms with Crippen LogP contribution in [-0.4, -0.2) is 52.7 Å². The molecule has 2 amide bonds. The normalized spacial score (nSPS) is 20.3. The van der Waals surface area contributed by atoms with Crippen LogP contribution < -0.4 is 5.32 Å². The average molecular weight is 429 g/mol. The number of benzene rings is 1. The molecule has 30 heavy (non-hydrogen) atoms. The molecule has 8 heteroatoms. The molecule has 2 aliphatic rings. The number of rotatable bonds is 6. The van der Waals surface area contributed by atoms with Gasteiger partial charge in [-0.2, -0.15) is 0 Å². The maximum atomic E-state index is 13.7. The van der Waals surface area contributed by atoms with E-state index in [1.54, 1.807) is 7.11 Å². The van der Waals surface area contributed by atoms with Crippen molar-refractivity contribution in [1.29, 1.82) is 0 Å². The van der Waals surface area contributed by atoms with Crippen molar-refractivity contribution in [3.05, 3.63) is 40.4 Å². The van der Waals surface area contributed by atoms with Crippen LogP contribution in [-0.2, 0) is 16.0 Å². The molecule has 1 N–H and O–H groups in total. The first-order valence-corrected chi connectivity index (χ1v) is 11.5. The molecule has 4 rings (SSSR count). The highest BCUT2D eigenvalue weighted by Crippen LogP contribution is 2.49. The van der Waals surface area contributed by atoms with Gasteiger partial charge in [-0.05, 0) is 30.9 Å². The number of anilines is 1. The Hall–Kier alpha value is -2.32. The van der Waals surface area contributed by atoms with Crippen LogP contribution in [0.1, 0.15) is 65.9 Å². The van der Waals surface area contributed by atoms with Crippen LogP contribution in [0.25, 0.3) is 0 Å². The summed E-state index contributed by atoms with van der Waals surface area (Å²) in [7, 11) is 1.64. The zero-order chi connectivity index (χ0) is 21.1. The van der Waals surface area contributed by atoms with E-state index in [2.05, 4.69) is 15.5 Å². The van der Waals surface area contributed by atoms with E-state index >= 15 is 0 Å². The van der Waals surface area contributed by atoms with Crippen LogP contribution in [0.5, 0.6) is 0 Å². The maximum absolute atomic E-state index is 13.7. The minimum absolute atomic E-state index is 0.00205. The molecule has 160 valence electrons. The number of amides is 2. The van der Waals surface area contributed by atoms with E-state index < -0.39 is 11.5 Å². The predicted octanol–water partition coefficient (Wildman–Crippen LogP) is 3.63. The molecule has 1 unspecified atom stereocenters. The molecule has 2 heterocycles. The summed E-state index contributed by atoms with van der Waals surface area (Å²) >= 11 is 1.40. The monoisotopic (exact) mass is 428 g/mol. The van der Waals surface area contributed by atoms with Crippen LogP contribution in [0.2, 0.25) is 0 Å². The molecule has 1 fully saturated rings. The van der Waals surface area contributed by atoms with Crippen molar-refractivity contribution in [3.8, 4) is 0 Å². The molecule has 1 saturated carbocycles. The molecule has 1 aromatic heterocycles. The highest BCUT2D eigenvalue weighted by Gasteiger charge is 2.54. The highest BCUT2D eigenvalue weighted by molar-refractivity contribution is 7.15. The summed E-state index contributed by atoms with van der Waals surface area (Å²) in [6, 6.07) is 7.53. The summed E-state index contributed by atoms with van der Waals surface area (Å²) in [6.07, 6.45) is 5.53. The van der Waals surface area contributed by atoms with Crippen molar-refractivity contribution in [2.75, 3.05) is 25.6 Å². The van der Waals surface area contributed by atoms with Crippen LogP contribution in [0, 0.1) is 0 Å². The van der Waals surface area contributed by atoms with Gasteiger partial charge in [0.15, 0.2) is 0 Å². The topological polar surface area (TPSA) is 84.4 Å². The quantitative estimate of drug-likeness (QED) is 0.760. The molecule has 0 bridgehead atoms. The minimum atomic E-state index is -0.537. The van der Waals surface area contributed by atoms with E-state index in [4.69, 9.17) is 4.74 Å². The number of ether oxygens (including phenoxy) is 1. The van der Waals surface area contributed by atoms with E-state index in [1.165, 1.54) is 11.3 Å². The van der Waals surface area contributed by atoms with Gasteiger partial charge in [0, 0.05) is 19.2 Å². The lowest BCUT2D eigenvalue weighted by Gasteiger charge is -2.53. The van der Waals surface area contributed by atoms with E-state index in [-0.39, 0.29) is 11.8 Å². The Bertz CT molecular complexity index is 923. The fourth-order valence-electron chi connectivity index (χ4n) is 4.98. The van der Waals surface area contributed by atoms with Crippen molar-refractivity contribution < 1.29 is 14.3 Å². The summed E-state index contributed by atoms with van der Waals surface area (Å²) < 4.78 is 5.31. The first-order valence-electron chi connectivity index (χ1n) is 10.6. The van der Waals surface area contributed by atoms with E-state index in [0.29, 0.717) is 23.8 Å². The van der Waals surface area contributed by atoms with Gasteiger partial charge in [-0.15, -0.1) is 10.2 Å². The molecular weight excluding hydrogens is 400 g/mol. The number of nitrogens with one attached hydrogen (secondary N) is 1. The van der Waals surface area contributed by atoms with E-state index in [9.17, 15) is 9.59 Å². The Morgan fingerprint density at radius 2 is 2.03 bits per heavy atom. The number of aryl methyl sites for hydroxylation is 1. The molecule has 2 aromatic rings. The predicted molar refractivity (Wildman–Crippen MR) is 116 cm³/mol. The lowest BCUT2D eigenvalue weighted by molar-refractivity contribution is -0.122. The van der Waals surface area contributed by atoms with Crippen molar-refractivity contribution in [2.24, 2.45) is 0 Å². The average Bonchev–Trinajstić information content (AvgIpc) is 3.22. The van der Waals surface area contributed by atoms with Gasteiger partial charge in [0.25, 0.3) is 5.91 Å². The van der Waals surface area contributed by atoms with Gasteiger partial charge < -0.3 is 9.64 Å². The van der Waals surface area contributed by atoms with Gasteiger partial charge in [-0.25, -0.2) is 0 Å². The molecule has 1 atom stereocenters. The second-order valence-electron chi connectivity index (χ2n) is 7.98. The summed E-state index contributed by atoms with van der Waals surface area (Å²) in [5.41, 5.74) is 0.886. The van der Waals surface area contributed by atoms with Gasteiger partial charge in [-0.1, -0.05) is 55.7 Å². The number of methoxy groups -OCH3 is 1. The summed E-state index contributed by atoms with van der Waals surface area (Å²) in [5.74, 6) is -0.562. The first-order chi connectivity index (χ1) is 14.6. The SMILES string of the molecule is CCc1nnc(NC(=O)C2c3ccccc3C(=O)N(CCOC)C23CCCCC3)s1. The second kappa shape index (κ2) is 8.81. The minimum Gasteiger partial charge on any atom is -0.383 e. The smallest absolute Gasteiger partial charge is 0.254 e. The second-order valence-corrected chi connectivity index (χ2v) is 9.04. The lowest BCUT2D eigenvalue weighted by Crippen LogP contribution is -2.62. The molecule has 7 nitrogen and oxygen atoms in total. The number of carbonyl (C=O) groups excluding carboxylic acids is 2. The molecule has 0 saturated heterocycles. The summed E-state index contributed by atoms with van der Waals surface area (Å²) in [5, 5.41) is 12.7. The summed E-state index contributed by atoms with van der Waals surface area (Å²) in [4.78, 5) is 29.1. The first kappa shape index (κ1) is 20.9. The number of nitrogens with zero attached hydrogens (tertiary/aromatic N) is 3. The third-order valence-corrected chi connectivity index (χ3v) is 7.31. The third-order valence-electron chi connectivity index (χ3n) is 6.32. The molecule has 1 aliphatic carbocycles. The number of hydrogen-bond donors (Lipinski definition) is 1. The lowest BCUT2D eigenvalue weighted by atomic mass is 9.65. The Kier molecular flexibility index (Phi) is 6.15. The molecule has 0 radical (unpaired) electrons. The molecule has 1 aromatic carbocycles. The number of fused-ring (bicyclic) bond motifs is 1. The van der Waals surface area contributed by atoms with Crippen molar-refractivity contribution in [3.63, 3.8) is 0 Å². The fourth-order valence-corrected chi connectivity index (χ4v) is 5.66. The van der Waals surface area contributed by atoms with Gasteiger partial charge in [0.2, 0.25) is 11.0 Å². The van der Waals surface area contributed by atoms with Crippen LogP contribution in [0.4, 0.5) is 5.13 Å². The van der Waals surface area contributed by atoms with Gasteiger partial charge in [-0.3, -0.25) is 14.9 Å². The van der Waals surface area contributed by atoms with Gasteiger partial charge in [0.05, 0.1) is 18.1 Å². The highest BCUT2D eigenvalue weighted by atomic mass is 32.1. The number of carbonyl (C=O) groups is 2. The Morgan fingerprint density at radius 3 is 2.73 bits per heavy atom. The number of hydrogen-bond acceptors (Lipinski definition) is 6. The molecule has 1 spiro atoms. The fraction of sp³-hybridized carbons (Fsp3) is 0.545. The Morgan fingerprint density at radius 1 is 1.27 bits per heavy atom. The zero-order valence-electron chi connectivity index (χ0n) is 17.5. The van der Waals surface area contributed by atoms with Gasteiger partial charge >= 0.3 is 0 Å². The van der Waals surface area contributed by atoms with Crippen LogP contribution in [0.3, 0.4) is 0 Å². The number of aromatic nitrogens is 2. The van der Waals surface area contributed by atoms with Crippen molar-refractivity contribution >= 4 is 28.3 Å². The van der Waals surface area contributed by atoms with Crippen LogP contribution in [0.15, 0.2) is 24.3 Å². The molecule has 1 aliphatic heterocycles. The standard InChI is InChI=1S/C22H28N4O3S/c1-3-17-24-25-21(30-17)23-19(27)18-15-9-5-6-10-16(15)20(28)26(13-14-29-2)22(18)11-7-4-8-12-22/h5-6,9-10,18H,3-4,7-8,11-14H2,1-2H3,(H,23,25,27). The Labute approximate surface area is 180 Å².